The van der Waals surface area contributed by atoms with E-state index in [0.29, 0.717) is 29.5 Å². The van der Waals surface area contributed by atoms with Crippen molar-refractivity contribution in [2.75, 3.05) is 39.0 Å². The highest BCUT2D eigenvalue weighted by Crippen LogP contribution is 2.31. The number of nitrogens with zero attached hydrogens (tertiary/aromatic N) is 3. The number of likely N-dealkylation sites (N-methyl/N-ethyl adjacent to an activating group) is 1. The molecule has 1 N–H and O–H groups in total. The lowest BCUT2D eigenvalue weighted by Crippen LogP contribution is -2.47. The summed E-state index contributed by atoms with van der Waals surface area (Å²) in [5.41, 5.74) is 1.68. The van der Waals surface area contributed by atoms with Gasteiger partial charge in [-0.25, -0.2) is 0 Å². The van der Waals surface area contributed by atoms with E-state index in [1.807, 2.05) is 24.1 Å². The van der Waals surface area contributed by atoms with E-state index >= 15 is 0 Å². The second kappa shape index (κ2) is 12.0. The molecule has 0 spiro atoms. The molecule has 34 heavy (non-hydrogen) atoms. The van der Waals surface area contributed by atoms with Crippen LogP contribution < -0.4 is 5.32 Å². The van der Waals surface area contributed by atoms with Crippen LogP contribution in [0.25, 0.3) is 0 Å². The molecule has 1 saturated heterocycles. The Morgan fingerprint density at radius 1 is 1.06 bits per heavy atom. The number of nitro benzene ring substituents is 1. The zero-order valence-electron chi connectivity index (χ0n) is 20.0. The Balaban J connectivity index is 1.58. The molecule has 0 saturated carbocycles. The van der Waals surface area contributed by atoms with Crippen LogP contribution in [-0.2, 0) is 6.54 Å². The molecule has 8 nitrogen and oxygen atoms in total. The average molecular weight is 485 g/mol. The van der Waals surface area contributed by atoms with E-state index < -0.39 is 4.92 Å². The van der Waals surface area contributed by atoms with Gasteiger partial charge in [-0.3, -0.25) is 19.7 Å². The van der Waals surface area contributed by atoms with Crippen molar-refractivity contribution in [2.24, 2.45) is 5.92 Å². The van der Waals surface area contributed by atoms with Gasteiger partial charge >= 0.3 is 0 Å². The van der Waals surface area contributed by atoms with Gasteiger partial charge in [0.25, 0.3) is 17.5 Å². The molecule has 0 bridgehead atoms. The summed E-state index contributed by atoms with van der Waals surface area (Å²) in [5.74, 6) is 0.953. The lowest BCUT2D eigenvalue weighted by atomic mass is 10.1. The molecule has 2 amide bonds. The molecule has 182 valence electrons. The lowest BCUT2D eigenvalue weighted by molar-refractivity contribution is -0.387. The van der Waals surface area contributed by atoms with Crippen LogP contribution in [0, 0.1) is 16.0 Å². The predicted molar refractivity (Wildman–Crippen MR) is 134 cm³/mol. The van der Waals surface area contributed by atoms with E-state index in [1.165, 1.54) is 17.8 Å². The molecule has 0 radical (unpaired) electrons. The highest BCUT2D eigenvalue weighted by Gasteiger charge is 2.21. The number of carbonyl (C=O) groups is 2. The molecule has 1 aliphatic heterocycles. The SMILES string of the molecule is CC(C)CCSc1ccc(C(=O)NCc2ccc(C(=O)N3CCN(C)CC3)cc2)cc1[N+](=O)[O-]. The van der Waals surface area contributed by atoms with Gasteiger partial charge in [-0.15, -0.1) is 11.8 Å². The maximum atomic E-state index is 12.7. The third-order valence-corrected chi connectivity index (χ3v) is 6.91. The number of amides is 2. The fourth-order valence-corrected chi connectivity index (χ4v) is 4.82. The molecule has 2 aromatic carbocycles. The first kappa shape index (κ1) is 25.7. The average Bonchev–Trinajstić information content (AvgIpc) is 2.82. The number of rotatable bonds is 9. The van der Waals surface area contributed by atoms with Gasteiger partial charge < -0.3 is 15.1 Å². The van der Waals surface area contributed by atoms with Crippen LogP contribution in [0.5, 0.6) is 0 Å². The van der Waals surface area contributed by atoms with Gasteiger partial charge in [-0.05, 0) is 55.0 Å². The first-order valence-corrected chi connectivity index (χ1v) is 12.5. The molecule has 1 aliphatic rings. The summed E-state index contributed by atoms with van der Waals surface area (Å²) in [4.78, 5) is 41.0. The first-order chi connectivity index (χ1) is 16.2. The zero-order chi connectivity index (χ0) is 24.7. The van der Waals surface area contributed by atoms with Crippen LogP contribution in [0.1, 0.15) is 46.5 Å². The highest BCUT2D eigenvalue weighted by molar-refractivity contribution is 7.99. The van der Waals surface area contributed by atoms with Crippen LogP contribution in [0.4, 0.5) is 5.69 Å². The number of thioether (sulfide) groups is 1. The number of carbonyl (C=O) groups excluding carboxylic acids is 2. The minimum absolute atomic E-state index is 0.0161. The number of nitro groups is 1. The van der Waals surface area contributed by atoms with Gasteiger partial charge in [-0.2, -0.15) is 0 Å². The third kappa shape index (κ3) is 7.04. The van der Waals surface area contributed by atoms with Crippen molar-refractivity contribution in [3.8, 4) is 0 Å². The van der Waals surface area contributed by atoms with E-state index in [-0.39, 0.29) is 29.6 Å². The molecule has 0 aliphatic carbocycles. The zero-order valence-corrected chi connectivity index (χ0v) is 20.8. The van der Waals surface area contributed by atoms with Crippen molar-refractivity contribution in [3.63, 3.8) is 0 Å². The number of hydrogen-bond acceptors (Lipinski definition) is 6. The van der Waals surface area contributed by atoms with Crippen molar-refractivity contribution in [2.45, 2.75) is 31.7 Å². The molecule has 1 heterocycles. The van der Waals surface area contributed by atoms with Crippen molar-refractivity contribution in [1.82, 2.24) is 15.1 Å². The Labute approximate surface area is 204 Å². The predicted octanol–water partition coefficient (Wildman–Crippen LogP) is 4.05. The molecule has 0 aromatic heterocycles. The van der Waals surface area contributed by atoms with Gasteiger partial charge in [0.15, 0.2) is 0 Å². The smallest absolute Gasteiger partial charge is 0.283 e. The number of nitrogens with one attached hydrogen (secondary N) is 1. The van der Waals surface area contributed by atoms with Crippen molar-refractivity contribution < 1.29 is 14.5 Å². The van der Waals surface area contributed by atoms with E-state index in [4.69, 9.17) is 0 Å². The second-order valence-electron chi connectivity index (χ2n) is 8.95. The van der Waals surface area contributed by atoms with Gasteiger partial charge in [0, 0.05) is 49.9 Å². The van der Waals surface area contributed by atoms with Crippen LogP contribution in [0.15, 0.2) is 47.4 Å². The quantitative estimate of drug-likeness (QED) is 0.328. The molecular formula is C25H32N4O4S. The molecular weight excluding hydrogens is 452 g/mol. The molecule has 2 aromatic rings. The van der Waals surface area contributed by atoms with Crippen molar-refractivity contribution in [1.29, 1.82) is 0 Å². The summed E-state index contributed by atoms with van der Waals surface area (Å²) in [6.45, 7) is 7.66. The fraction of sp³-hybridized carbons (Fsp3) is 0.440. The lowest BCUT2D eigenvalue weighted by Gasteiger charge is -2.32. The molecule has 9 heteroatoms. The molecule has 3 rings (SSSR count). The van der Waals surface area contributed by atoms with E-state index in [1.54, 1.807) is 24.3 Å². The summed E-state index contributed by atoms with van der Waals surface area (Å²) in [6.07, 6.45) is 0.962. The third-order valence-electron chi connectivity index (χ3n) is 5.82. The van der Waals surface area contributed by atoms with E-state index in [0.717, 1.165) is 30.8 Å². The minimum Gasteiger partial charge on any atom is -0.348 e. The van der Waals surface area contributed by atoms with Crippen molar-refractivity contribution in [3.05, 3.63) is 69.3 Å². The maximum absolute atomic E-state index is 12.7. The van der Waals surface area contributed by atoms with Crippen LogP contribution >= 0.6 is 11.8 Å². The Morgan fingerprint density at radius 3 is 2.32 bits per heavy atom. The Bertz CT molecular complexity index is 1020. The Hall–Kier alpha value is -2.91. The molecule has 0 atom stereocenters. The largest absolute Gasteiger partial charge is 0.348 e. The monoisotopic (exact) mass is 484 g/mol. The standard InChI is InChI=1S/C25H32N4O4S/c1-18(2)10-15-34-23-9-8-21(16-22(23)29(32)33)24(30)26-17-19-4-6-20(7-5-19)25(31)28-13-11-27(3)12-14-28/h4-9,16,18H,10-15,17H2,1-3H3,(H,26,30). The van der Waals surface area contributed by atoms with E-state index in [2.05, 4.69) is 24.1 Å². The van der Waals surface area contributed by atoms with Gasteiger partial charge in [0.05, 0.1) is 9.82 Å². The second-order valence-corrected chi connectivity index (χ2v) is 10.1. The Morgan fingerprint density at radius 2 is 1.71 bits per heavy atom. The first-order valence-electron chi connectivity index (χ1n) is 11.5. The summed E-state index contributed by atoms with van der Waals surface area (Å²) >= 11 is 1.44. The summed E-state index contributed by atoms with van der Waals surface area (Å²) in [6, 6.07) is 11.8. The van der Waals surface area contributed by atoms with Crippen LogP contribution in [0.3, 0.4) is 0 Å². The maximum Gasteiger partial charge on any atom is 0.283 e. The minimum atomic E-state index is -0.440. The van der Waals surface area contributed by atoms with Crippen LogP contribution in [-0.4, -0.2) is 65.5 Å². The number of benzene rings is 2. The summed E-state index contributed by atoms with van der Waals surface area (Å²) < 4.78 is 0. The van der Waals surface area contributed by atoms with Crippen LogP contribution in [0.2, 0.25) is 0 Å². The molecule has 1 fully saturated rings. The molecule has 0 unspecified atom stereocenters. The topological polar surface area (TPSA) is 95.8 Å². The summed E-state index contributed by atoms with van der Waals surface area (Å²) in [5, 5.41) is 14.3. The number of piperazine rings is 1. The van der Waals surface area contributed by atoms with Crippen molar-refractivity contribution >= 4 is 29.3 Å². The van der Waals surface area contributed by atoms with E-state index in [9.17, 15) is 19.7 Å². The van der Waals surface area contributed by atoms with Gasteiger partial charge in [-0.1, -0.05) is 26.0 Å². The normalized spacial score (nSPS) is 14.3. The van der Waals surface area contributed by atoms with Gasteiger partial charge in [0.2, 0.25) is 0 Å². The highest BCUT2D eigenvalue weighted by atomic mass is 32.2. The number of hydrogen-bond donors (Lipinski definition) is 1. The fourth-order valence-electron chi connectivity index (χ4n) is 3.57. The van der Waals surface area contributed by atoms with Gasteiger partial charge in [0.1, 0.15) is 0 Å². The summed E-state index contributed by atoms with van der Waals surface area (Å²) in [7, 11) is 2.05. The Kier molecular flexibility index (Phi) is 9.06.